The molecule has 19 heavy (non-hydrogen) atoms. The van der Waals surface area contributed by atoms with Crippen molar-refractivity contribution in [3.05, 3.63) is 21.3 Å². The minimum Gasteiger partial charge on any atom is -0.351 e. The fourth-order valence-corrected chi connectivity index (χ4v) is 3.80. The van der Waals surface area contributed by atoms with Crippen molar-refractivity contribution in [2.75, 3.05) is 13.1 Å². The molecule has 0 spiro atoms. The summed E-state index contributed by atoms with van der Waals surface area (Å²) in [6, 6.07) is 3.84. The molecule has 2 rings (SSSR count). The second kappa shape index (κ2) is 6.73. The Hall–Kier alpha value is -0.580. The van der Waals surface area contributed by atoms with Gasteiger partial charge >= 0.3 is 0 Å². The quantitative estimate of drug-likeness (QED) is 0.877. The topological polar surface area (TPSA) is 41.1 Å². The van der Waals surface area contributed by atoms with E-state index in [1.165, 1.54) is 11.3 Å². The van der Waals surface area contributed by atoms with Crippen molar-refractivity contribution < 1.29 is 4.79 Å². The Kier molecular flexibility index (Phi) is 5.25. The molecule has 1 aromatic heterocycles. The predicted molar refractivity (Wildman–Crippen MR) is 80.6 cm³/mol. The first-order valence-corrected chi connectivity index (χ1v) is 8.09. The van der Waals surface area contributed by atoms with E-state index in [9.17, 15) is 4.79 Å². The Morgan fingerprint density at radius 2 is 2.42 bits per heavy atom. The Labute approximate surface area is 123 Å². The number of halogens is 1. The van der Waals surface area contributed by atoms with Crippen molar-refractivity contribution in [1.82, 2.24) is 10.6 Å². The van der Waals surface area contributed by atoms with Crippen molar-refractivity contribution in [2.45, 2.75) is 39.2 Å². The summed E-state index contributed by atoms with van der Waals surface area (Å²) in [6.07, 6.45) is 4.07. The van der Waals surface area contributed by atoms with Gasteiger partial charge in [-0.1, -0.05) is 24.9 Å². The first kappa shape index (κ1) is 14.8. The number of nitrogens with one attached hydrogen (secondary N) is 2. The molecule has 5 heteroatoms. The fraction of sp³-hybridized carbons (Fsp3) is 0.643. The van der Waals surface area contributed by atoms with Crippen molar-refractivity contribution >= 4 is 28.8 Å². The van der Waals surface area contributed by atoms with Gasteiger partial charge in [0.25, 0.3) is 0 Å². The number of hydrogen-bond acceptors (Lipinski definition) is 3. The van der Waals surface area contributed by atoms with Crippen LogP contribution in [0.3, 0.4) is 0 Å². The summed E-state index contributed by atoms with van der Waals surface area (Å²) >= 11 is 7.42. The highest BCUT2D eigenvalue weighted by molar-refractivity contribution is 7.16. The highest BCUT2D eigenvalue weighted by Gasteiger charge is 2.38. The highest BCUT2D eigenvalue weighted by atomic mass is 35.5. The monoisotopic (exact) mass is 300 g/mol. The summed E-state index contributed by atoms with van der Waals surface area (Å²) in [5, 5.41) is 6.44. The molecule has 0 bridgehead atoms. The third-order valence-electron chi connectivity index (χ3n) is 3.73. The lowest BCUT2D eigenvalue weighted by Crippen LogP contribution is -2.50. The normalized spacial score (nSPS) is 23.3. The maximum absolute atomic E-state index is 12.5. The Bertz CT molecular complexity index is 421. The van der Waals surface area contributed by atoms with Crippen LogP contribution in [-0.4, -0.2) is 19.0 Å². The number of thiophene rings is 1. The fourth-order valence-electron chi connectivity index (χ4n) is 2.77. The number of carbonyl (C=O) groups excluding carboxylic acids is 1. The van der Waals surface area contributed by atoms with Gasteiger partial charge in [0.1, 0.15) is 0 Å². The zero-order chi connectivity index (χ0) is 13.7. The minimum absolute atomic E-state index is 0.186. The smallest absolute Gasteiger partial charge is 0.227 e. The van der Waals surface area contributed by atoms with Gasteiger partial charge in [-0.25, -0.2) is 0 Å². The molecule has 0 radical (unpaired) electrons. The summed E-state index contributed by atoms with van der Waals surface area (Å²) in [4.78, 5) is 13.6. The maximum Gasteiger partial charge on any atom is 0.227 e. The van der Waals surface area contributed by atoms with Crippen LogP contribution >= 0.6 is 22.9 Å². The molecule has 2 N–H and O–H groups in total. The van der Waals surface area contributed by atoms with E-state index in [0.717, 1.165) is 48.0 Å². The van der Waals surface area contributed by atoms with Crippen LogP contribution in [0.5, 0.6) is 0 Å². The van der Waals surface area contributed by atoms with Crippen molar-refractivity contribution in [1.29, 1.82) is 0 Å². The van der Waals surface area contributed by atoms with Crippen LogP contribution in [0.15, 0.2) is 12.1 Å². The van der Waals surface area contributed by atoms with Gasteiger partial charge in [0.15, 0.2) is 0 Å². The van der Waals surface area contributed by atoms with E-state index in [0.29, 0.717) is 6.54 Å². The van der Waals surface area contributed by atoms with E-state index < -0.39 is 0 Å². The molecule has 2 heterocycles. The van der Waals surface area contributed by atoms with Gasteiger partial charge in [-0.05, 0) is 37.9 Å². The lowest BCUT2D eigenvalue weighted by molar-refractivity contribution is -0.132. The Balaban J connectivity index is 1.95. The second-order valence-electron chi connectivity index (χ2n) is 5.20. The molecule has 3 nitrogen and oxygen atoms in total. The summed E-state index contributed by atoms with van der Waals surface area (Å²) in [5.41, 5.74) is -0.214. The van der Waals surface area contributed by atoms with Gasteiger partial charge < -0.3 is 10.6 Å². The first-order chi connectivity index (χ1) is 9.16. The third kappa shape index (κ3) is 3.71. The maximum atomic E-state index is 12.5. The van der Waals surface area contributed by atoms with Gasteiger partial charge in [-0.3, -0.25) is 4.79 Å². The average molecular weight is 301 g/mol. The van der Waals surface area contributed by atoms with E-state index in [2.05, 4.69) is 17.6 Å². The molecule has 1 aliphatic rings. The van der Waals surface area contributed by atoms with Gasteiger partial charge in [-0.15, -0.1) is 11.3 Å². The van der Waals surface area contributed by atoms with Crippen molar-refractivity contribution in [3.63, 3.8) is 0 Å². The van der Waals surface area contributed by atoms with Gasteiger partial charge in [0, 0.05) is 11.4 Å². The lowest BCUT2D eigenvalue weighted by Gasteiger charge is -2.36. The van der Waals surface area contributed by atoms with E-state index in [-0.39, 0.29) is 11.3 Å². The molecule has 1 saturated heterocycles. The Morgan fingerprint density at radius 1 is 1.58 bits per heavy atom. The first-order valence-electron chi connectivity index (χ1n) is 6.89. The summed E-state index contributed by atoms with van der Waals surface area (Å²) in [7, 11) is 0. The van der Waals surface area contributed by atoms with E-state index in [4.69, 9.17) is 11.6 Å². The number of amides is 1. The second-order valence-corrected chi connectivity index (χ2v) is 7.00. The van der Waals surface area contributed by atoms with Crippen LogP contribution in [0.4, 0.5) is 0 Å². The number of carbonyl (C=O) groups is 1. The third-order valence-corrected chi connectivity index (χ3v) is 4.97. The lowest BCUT2D eigenvalue weighted by atomic mass is 9.76. The molecule has 1 unspecified atom stereocenters. The van der Waals surface area contributed by atoms with E-state index in [1.807, 2.05) is 12.1 Å². The standard InChI is InChI=1S/C14H21ClN2OS/c1-2-6-14(7-3-8-16-10-14)13(18)17-9-11-4-5-12(15)19-11/h4-5,16H,2-3,6-10H2,1H3,(H,17,18). The summed E-state index contributed by atoms with van der Waals surface area (Å²) in [6.45, 7) is 4.56. The number of rotatable bonds is 5. The Morgan fingerprint density at radius 3 is 3.00 bits per heavy atom. The van der Waals surface area contributed by atoms with Gasteiger partial charge in [0.2, 0.25) is 5.91 Å². The average Bonchev–Trinajstić information content (AvgIpc) is 2.83. The van der Waals surface area contributed by atoms with E-state index >= 15 is 0 Å². The molecule has 1 amide bonds. The molecule has 106 valence electrons. The van der Waals surface area contributed by atoms with Crippen LogP contribution in [0.2, 0.25) is 4.34 Å². The zero-order valence-corrected chi connectivity index (χ0v) is 12.9. The predicted octanol–water partition coefficient (Wildman–Crippen LogP) is 3.19. The molecular formula is C14H21ClN2OS. The van der Waals surface area contributed by atoms with Crippen LogP contribution in [-0.2, 0) is 11.3 Å². The SMILES string of the molecule is CCCC1(C(=O)NCc2ccc(Cl)s2)CCCNC1. The minimum atomic E-state index is -0.214. The summed E-state index contributed by atoms with van der Waals surface area (Å²) in [5.74, 6) is 0.186. The van der Waals surface area contributed by atoms with Crippen LogP contribution in [0.1, 0.15) is 37.5 Å². The van der Waals surface area contributed by atoms with Gasteiger partial charge in [-0.2, -0.15) is 0 Å². The van der Waals surface area contributed by atoms with Crippen molar-refractivity contribution in [3.8, 4) is 0 Å². The molecule has 1 aliphatic heterocycles. The zero-order valence-electron chi connectivity index (χ0n) is 11.3. The largest absolute Gasteiger partial charge is 0.351 e. The van der Waals surface area contributed by atoms with Crippen LogP contribution < -0.4 is 10.6 Å². The molecule has 0 aliphatic carbocycles. The van der Waals surface area contributed by atoms with E-state index in [1.54, 1.807) is 0 Å². The van der Waals surface area contributed by atoms with Crippen molar-refractivity contribution in [2.24, 2.45) is 5.41 Å². The molecule has 0 aromatic carbocycles. The molecular weight excluding hydrogens is 280 g/mol. The van der Waals surface area contributed by atoms with Gasteiger partial charge in [0.05, 0.1) is 16.3 Å². The number of hydrogen-bond donors (Lipinski definition) is 2. The number of piperidine rings is 1. The highest BCUT2D eigenvalue weighted by Crippen LogP contribution is 2.32. The molecule has 1 atom stereocenters. The van der Waals surface area contributed by atoms with Crippen LogP contribution in [0.25, 0.3) is 0 Å². The summed E-state index contributed by atoms with van der Waals surface area (Å²) < 4.78 is 0.770. The van der Waals surface area contributed by atoms with Crippen LogP contribution in [0, 0.1) is 5.41 Å². The molecule has 0 saturated carbocycles. The molecule has 1 fully saturated rings. The molecule has 1 aromatic rings.